The molecular weight excluding hydrogens is 426 g/mol. The lowest BCUT2D eigenvalue weighted by Gasteiger charge is -2.30. The molecule has 0 aliphatic rings. The van der Waals surface area contributed by atoms with Crippen molar-refractivity contribution >= 4 is 23.0 Å². The van der Waals surface area contributed by atoms with E-state index in [2.05, 4.69) is 6.07 Å². The number of nitriles is 1. The molecule has 0 unspecified atom stereocenters. The van der Waals surface area contributed by atoms with Crippen molar-refractivity contribution in [3.63, 3.8) is 0 Å². The second-order valence-corrected chi connectivity index (χ2v) is 8.60. The van der Waals surface area contributed by atoms with E-state index in [1.807, 2.05) is 103 Å². The number of nitrogen functional groups attached to an aromatic ring is 1. The number of allylic oxidation sites excluding steroid dienone is 1. The van der Waals surface area contributed by atoms with Gasteiger partial charge in [0.05, 0.1) is 10.6 Å². The van der Waals surface area contributed by atoms with Crippen LogP contribution in [0.4, 0.5) is 5.69 Å². The Morgan fingerprint density at radius 2 is 1.30 bits per heavy atom. The van der Waals surface area contributed by atoms with Crippen molar-refractivity contribution in [3.8, 4) is 6.07 Å². The Balaban J connectivity index is 1.83. The van der Waals surface area contributed by atoms with Gasteiger partial charge in [-0.1, -0.05) is 103 Å². The van der Waals surface area contributed by atoms with E-state index < -0.39 is 5.60 Å². The van der Waals surface area contributed by atoms with Crippen LogP contribution < -0.4 is 11.5 Å². The van der Waals surface area contributed by atoms with Gasteiger partial charge in [-0.15, -0.1) is 0 Å². The highest BCUT2D eigenvalue weighted by Crippen LogP contribution is 2.38. The summed E-state index contributed by atoms with van der Waals surface area (Å²) in [5.41, 5.74) is 14.6. The topological polar surface area (TPSA) is 96.1 Å². The minimum atomic E-state index is -1.40. The van der Waals surface area contributed by atoms with E-state index in [-0.39, 0.29) is 0 Å². The van der Waals surface area contributed by atoms with Crippen molar-refractivity contribution in [2.24, 2.45) is 5.73 Å². The molecule has 0 bridgehead atoms. The van der Waals surface area contributed by atoms with Crippen LogP contribution in [0, 0.1) is 11.3 Å². The van der Waals surface area contributed by atoms with E-state index in [9.17, 15) is 10.4 Å². The van der Waals surface area contributed by atoms with Crippen molar-refractivity contribution in [2.45, 2.75) is 10.5 Å². The van der Waals surface area contributed by atoms with Crippen LogP contribution in [0.25, 0.3) is 5.57 Å². The van der Waals surface area contributed by atoms with Crippen molar-refractivity contribution in [1.82, 2.24) is 0 Å². The first-order valence-electron chi connectivity index (χ1n) is 10.4. The van der Waals surface area contributed by atoms with Gasteiger partial charge in [0.25, 0.3) is 0 Å². The molecule has 0 aliphatic carbocycles. The van der Waals surface area contributed by atoms with Gasteiger partial charge in [0.2, 0.25) is 0 Å². The molecule has 0 fully saturated rings. The molecule has 162 valence electrons. The van der Waals surface area contributed by atoms with Crippen LogP contribution in [0.2, 0.25) is 0 Å². The number of benzene rings is 4. The average Bonchev–Trinajstić information content (AvgIpc) is 2.86. The number of thioether (sulfide) groups is 1. The standard InChI is InChI=1S/C28H23N3OS/c29-19-24(27(31)33-26-17-8-7-16-25(26)30)20-10-9-15-23(18-20)28(32,21-11-3-1-4-12-21)22-13-5-2-6-14-22/h1-18,32H,30-31H2/b27-24+. The summed E-state index contributed by atoms with van der Waals surface area (Å²) in [6, 6.07) is 35.9. The van der Waals surface area contributed by atoms with Crippen LogP contribution in [0.5, 0.6) is 0 Å². The molecule has 0 amide bonds. The van der Waals surface area contributed by atoms with Gasteiger partial charge < -0.3 is 16.6 Å². The van der Waals surface area contributed by atoms with E-state index >= 15 is 0 Å². The summed E-state index contributed by atoms with van der Waals surface area (Å²) < 4.78 is 0. The molecule has 0 aliphatic heterocycles. The second-order valence-electron chi connectivity index (χ2n) is 7.51. The molecule has 0 saturated heterocycles. The predicted octanol–water partition coefficient (Wildman–Crippen LogP) is 5.50. The van der Waals surface area contributed by atoms with E-state index in [1.54, 1.807) is 6.07 Å². The van der Waals surface area contributed by atoms with E-state index in [1.165, 1.54) is 11.8 Å². The number of para-hydroxylation sites is 1. The molecule has 4 nitrogen and oxygen atoms in total. The number of nitrogens with zero attached hydrogens (tertiary/aromatic N) is 1. The normalized spacial score (nSPS) is 12.0. The lowest BCUT2D eigenvalue weighted by Crippen LogP contribution is -2.28. The first kappa shape index (κ1) is 22.2. The van der Waals surface area contributed by atoms with Crippen LogP contribution in [-0.4, -0.2) is 5.11 Å². The zero-order chi connectivity index (χ0) is 23.3. The summed E-state index contributed by atoms with van der Waals surface area (Å²) in [5.74, 6) is 0. The maximum Gasteiger partial charge on any atom is 0.140 e. The number of aliphatic hydroxyl groups is 1. The van der Waals surface area contributed by atoms with Gasteiger partial charge in [0.1, 0.15) is 11.7 Å². The summed E-state index contributed by atoms with van der Waals surface area (Å²) >= 11 is 1.25. The molecule has 0 spiro atoms. The fourth-order valence-electron chi connectivity index (χ4n) is 3.76. The highest BCUT2D eigenvalue weighted by Gasteiger charge is 2.34. The minimum Gasteiger partial charge on any atom is -0.398 e. The number of rotatable bonds is 6. The van der Waals surface area contributed by atoms with E-state index in [4.69, 9.17) is 11.5 Å². The molecule has 0 atom stereocenters. The Bertz CT molecular complexity index is 1290. The first-order valence-corrected chi connectivity index (χ1v) is 11.2. The summed E-state index contributed by atoms with van der Waals surface area (Å²) in [6.07, 6.45) is 0. The predicted molar refractivity (Wildman–Crippen MR) is 135 cm³/mol. The fourth-order valence-corrected chi connectivity index (χ4v) is 4.60. The third-order valence-electron chi connectivity index (χ3n) is 5.45. The minimum absolute atomic E-state index is 0.327. The Hall–Kier alpha value is -3.98. The SMILES string of the molecule is N#C/C(=C(/N)Sc1ccccc1N)c1cccc(C(O)(c2ccccc2)c2ccccc2)c1. The Kier molecular flexibility index (Phi) is 6.50. The van der Waals surface area contributed by atoms with Crippen LogP contribution in [0.15, 0.2) is 119 Å². The molecule has 0 aromatic heterocycles. The van der Waals surface area contributed by atoms with E-state index in [0.29, 0.717) is 27.4 Å². The van der Waals surface area contributed by atoms with Gasteiger partial charge in [0.15, 0.2) is 0 Å². The number of hydrogen-bond acceptors (Lipinski definition) is 5. The summed E-state index contributed by atoms with van der Waals surface area (Å²) in [4.78, 5) is 0.781. The van der Waals surface area contributed by atoms with Crippen LogP contribution in [0.3, 0.4) is 0 Å². The van der Waals surface area contributed by atoms with Gasteiger partial charge in [-0.2, -0.15) is 5.26 Å². The molecule has 33 heavy (non-hydrogen) atoms. The maximum absolute atomic E-state index is 12.1. The van der Waals surface area contributed by atoms with Gasteiger partial charge in [0, 0.05) is 10.6 Å². The molecule has 4 aromatic rings. The van der Waals surface area contributed by atoms with Gasteiger partial charge in [-0.3, -0.25) is 0 Å². The average molecular weight is 450 g/mol. The van der Waals surface area contributed by atoms with Gasteiger partial charge in [-0.25, -0.2) is 0 Å². The third kappa shape index (κ3) is 4.49. The zero-order valence-corrected chi connectivity index (χ0v) is 18.7. The number of anilines is 1. The number of nitrogens with two attached hydrogens (primary N) is 2. The second kappa shape index (κ2) is 9.66. The Morgan fingerprint density at radius 1 is 0.758 bits per heavy atom. The third-order valence-corrected chi connectivity index (χ3v) is 6.47. The molecule has 0 saturated carbocycles. The first-order chi connectivity index (χ1) is 16.0. The number of hydrogen-bond donors (Lipinski definition) is 3. The summed E-state index contributed by atoms with van der Waals surface area (Å²) in [5, 5.41) is 22.3. The van der Waals surface area contributed by atoms with Crippen molar-refractivity contribution in [2.75, 3.05) is 5.73 Å². The largest absolute Gasteiger partial charge is 0.398 e. The zero-order valence-electron chi connectivity index (χ0n) is 17.8. The monoisotopic (exact) mass is 449 g/mol. The molecule has 0 heterocycles. The van der Waals surface area contributed by atoms with Crippen LogP contribution in [-0.2, 0) is 5.60 Å². The molecule has 0 radical (unpaired) electrons. The van der Waals surface area contributed by atoms with Crippen LogP contribution >= 0.6 is 11.8 Å². The highest BCUT2D eigenvalue weighted by atomic mass is 32.2. The summed E-state index contributed by atoms with van der Waals surface area (Å²) in [6.45, 7) is 0. The Morgan fingerprint density at radius 3 is 1.88 bits per heavy atom. The molecule has 4 rings (SSSR count). The van der Waals surface area contributed by atoms with Gasteiger partial charge in [-0.05, 0) is 40.5 Å². The van der Waals surface area contributed by atoms with Crippen molar-refractivity contribution in [1.29, 1.82) is 5.26 Å². The van der Waals surface area contributed by atoms with E-state index in [0.717, 1.165) is 16.0 Å². The van der Waals surface area contributed by atoms with Crippen molar-refractivity contribution < 1.29 is 5.11 Å². The lowest BCUT2D eigenvalue weighted by atomic mass is 9.79. The quantitative estimate of drug-likeness (QED) is 0.156. The Labute approximate surface area is 197 Å². The van der Waals surface area contributed by atoms with Crippen molar-refractivity contribution in [3.05, 3.63) is 136 Å². The molecular formula is C28H23N3OS. The summed E-state index contributed by atoms with van der Waals surface area (Å²) in [7, 11) is 0. The van der Waals surface area contributed by atoms with Gasteiger partial charge >= 0.3 is 0 Å². The maximum atomic E-state index is 12.1. The highest BCUT2D eigenvalue weighted by molar-refractivity contribution is 8.03. The molecule has 4 aromatic carbocycles. The lowest BCUT2D eigenvalue weighted by molar-refractivity contribution is 0.125. The molecule has 5 N–H and O–H groups in total. The smallest absolute Gasteiger partial charge is 0.140 e. The van der Waals surface area contributed by atoms with Crippen LogP contribution in [0.1, 0.15) is 22.3 Å². The fraction of sp³-hybridized carbons (Fsp3) is 0.0357. The molecule has 5 heteroatoms.